The summed E-state index contributed by atoms with van der Waals surface area (Å²) < 4.78 is 11.3. The van der Waals surface area contributed by atoms with Gasteiger partial charge < -0.3 is 14.3 Å². The van der Waals surface area contributed by atoms with E-state index in [9.17, 15) is 4.79 Å². The van der Waals surface area contributed by atoms with E-state index in [4.69, 9.17) is 9.47 Å². The molecule has 0 aliphatic carbocycles. The molecule has 0 radical (unpaired) electrons. The predicted octanol–water partition coefficient (Wildman–Crippen LogP) is 4.52. The van der Waals surface area contributed by atoms with Gasteiger partial charge in [0.2, 0.25) is 0 Å². The number of likely N-dealkylation sites (tertiary alicyclic amines) is 1. The fourth-order valence-corrected chi connectivity index (χ4v) is 4.83. The number of thiazole rings is 1. The number of hydrogen-bond donors (Lipinski definition) is 0. The third-order valence-corrected chi connectivity index (χ3v) is 6.40. The number of carbonyl (C=O) groups excluding carboxylic acids is 1. The normalized spacial score (nSPS) is 19.4. The second kappa shape index (κ2) is 9.36. The number of aromatic nitrogens is 2. The molecule has 0 N–H and O–H groups in total. The summed E-state index contributed by atoms with van der Waals surface area (Å²) >= 11 is 1.57. The highest BCUT2D eigenvalue weighted by atomic mass is 32.1. The Hall–Kier alpha value is -2.77. The van der Waals surface area contributed by atoms with Crippen LogP contribution in [-0.4, -0.2) is 41.4 Å². The van der Waals surface area contributed by atoms with Crippen LogP contribution >= 0.6 is 11.3 Å². The third-order valence-electron chi connectivity index (χ3n) is 5.60. The monoisotopic (exact) mass is 423 g/mol. The molecule has 2 atom stereocenters. The van der Waals surface area contributed by atoms with E-state index >= 15 is 0 Å². The van der Waals surface area contributed by atoms with Crippen molar-refractivity contribution in [2.24, 2.45) is 0 Å². The smallest absolute Gasteiger partial charge is 0.141 e. The van der Waals surface area contributed by atoms with Gasteiger partial charge in [0.15, 0.2) is 0 Å². The number of rotatable bonds is 7. The van der Waals surface area contributed by atoms with Gasteiger partial charge in [-0.2, -0.15) is 0 Å². The molecular formula is C23H25N3O3S. The molecule has 0 amide bonds. The minimum Gasteiger partial charge on any atom is -0.496 e. The van der Waals surface area contributed by atoms with Crippen molar-refractivity contribution < 1.29 is 14.3 Å². The Balaban J connectivity index is 1.71. The zero-order valence-corrected chi connectivity index (χ0v) is 18.0. The maximum Gasteiger partial charge on any atom is 0.141 e. The summed E-state index contributed by atoms with van der Waals surface area (Å²) in [5, 5.41) is 2.84. The lowest BCUT2D eigenvalue weighted by molar-refractivity contribution is -0.115. The van der Waals surface area contributed by atoms with E-state index < -0.39 is 0 Å². The van der Waals surface area contributed by atoms with Crippen LogP contribution in [0.15, 0.2) is 48.1 Å². The van der Waals surface area contributed by atoms with E-state index in [-0.39, 0.29) is 12.1 Å². The molecule has 3 aromatic rings. The zero-order chi connectivity index (χ0) is 20.9. The molecule has 0 spiro atoms. The Morgan fingerprint density at radius 3 is 2.60 bits per heavy atom. The van der Waals surface area contributed by atoms with Gasteiger partial charge in [-0.15, -0.1) is 11.3 Å². The predicted molar refractivity (Wildman–Crippen MR) is 117 cm³/mol. The minimum absolute atomic E-state index is 0.0246. The number of hydrogen-bond acceptors (Lipinski definition) is 7. The summed E-state index contributed by atoms with van der Waals surface area (Å²) in [4.78, 5) is 23.1. The number of aldehydes is 1. The Morgan fingerprint density at radius 2 is 1.93 bits per heavy atom. The summed E-state index contributed by atoms with van der Waals surface area (Å²) in [5.41, 5.74) is 2.96. The zero-order valence-electron chi connectivity index (χ0n) is 17.2. The molecule has 2 aromatic heterocycles. The van der Waals surface area contributed by atoms with Crippen LogP contribution < -0.4 is 9.47 Å². The van der Waals surface area contributed by atoms with Gasteiger partial charge in [-0.05, 0) is 49.1 Å². The molecule has 1 aromatic carbocycles. The van der Waals surface area contributed by atoms with E-state index in [2.05, 4.69) is 20.9 Å². The molecule has 30 heavy (non-hydrogen) atoms. The summed E-state index contributed by atoms with van der Waals surface area (Å²) in [6.45, 7) is 0.635. The molecule has 1 fully saturated rings. The first-order valence-corrected chi connectivity index (χ1v) is 10.9. The second-order valence-corrected chi connectivity index (χ2v) is 8.18. The van der Waals surface area contributed by atoms with Crippen molar-refractivity contribution in [1.82, 2.24) is 14.9 Å². The van der Waals surface area contributed by atoms with Gasteiger partial charge in [-0.25, -0.2) is 4.98 Å². The molecule has 1 saturated heterocycles. The van der Waals surface area contributed by atoms with E-state index in [1.165, 1.54) is 0 Å². The quantitative estimate of drug-likeness (QED) is 0.521. The Kier molecular flexibility index (Phi) is 6.40. The number of benzene rings is 1. The van der Waals surface area contributed by atoms with E-state index in [0.717, 1.165) is 58.9 Å². The summed E-state index contributed by atoms with van der Waals surface area (Å²) in [5.74, 6) is 1.57. The fourth-order valence-electron chi connectivity index (χ4n) is 4.23. The molecule has 0 bridgehead atoms. The van der Waals surface area contributed by atoms with Crippen LogP contribution in [0.25, 0.3) is 10.7 Å². The number of carbonyl (C=O) groups is 1. The topological polar surface area (TPSA) is 64.6 Å². The fraction of sp³-hybridized carbons (Fsp3) is 0.348. The van der Waals surface area contributed by atoms with Crippen LogP contribution in [0.2, 0.25) is 0 Å². The molecule has 2 unspecified atom stereocenters. The van der Waals surface area contributed by atoms with Crippen LogP contribution in [0.5, 0.6) is 11.5 Å². The average molecular weight is 424 g/mol. The summed E-state index contributed by atoms with van der Waals surface area (Å²) in [6.07, 6.45) is 7.42. The average Bonchev–Trinajstić information content (AvgIpc) is 3.34. The van der Waals surface area contributed by atoms with Crippen LogP contribution in [0.1, 0.15) is 36.4 Å². The molecule has 7 heteroatoms. The highest BCUT2D eigenvalue weighted by Gasteiger charge is 2.34. The van der Waals surface area contributed by atoms with Gasteiger partial charge in [-0.1, -0.05) is 6.07 Å². The summed E-state index contributed by atoms with van der Waals surface area (Å²) in [6, 6.07) is 9.76. The molecule has 0 saturated carbocycles. The highest BCUT2D eigenvalue weighted by Crippen LogP contribution is 2.43. The van der Waals surface area contributed by atoms with Gasteiger partial charge in [0, 0.05) is 30.4 Å². The first-order valence-electron chi connectivity index (χ1n) is 10.0. The van der Waals surface area contributed by atoms with Gasteiger partial charge in [0.1, 0.15) is 22.8 Å². The molecule has 1 aliphatic heterocycles. The van der Waals surface area contributed by atoms with Gasteiger partial charge in [0.25, 0.3) is 0 Å². The van der Waals surface area contributed by atoms with Gasteiger partial charge in [-0.3, -0.25) is 9.88 Å². The third kappa shape index (κ3) is 4.08. The number of methoxy groups -OCH3 is 2. The molecule has 156 valence electrons. The lowest BCUT2D eigenvalue weighted by Crippen LogP contribution is -2.42. The van der Waals surface area contributed by atoms with Crippen molar-refractivity contribution in [2.45, 2.75) is 37.9 Å². The second-order valence-electron chi connectivity index (χ2n) is 7.29. The lowest BCUT2D eigenvalue weighted by atomic mass is 9.89. The van der Waals surface area contributed by atoms with Gasteiger partial charge in [0.05, 0.1) is 31.5 Å². The molecule has 1 aliphatic rings. The van der Waals surface area contributed by atoms with E-state index in [1.54, 1.807) is 31.8 Å². The van der Waals surface area contributed by atoms with E-state index in [1.807, 2.05) is 35.8 Å². The van der Waals surface area contributed by atoms with Crippen molar-refractivity contribution in [3.05, 3.63) is 59.2 Å². The van der Waals surface area contributed by atoms with Crippen molar-refractivity contribution in [3.63, 3.8) is 0 Å². The van der Waals surface area contributed by atoms with Crippen molar-refractivity contribution >= 4 is 17.6 Å². The number of nitrogens with zero attached hydrogens (tertiary/aromatic N) is 3. The van der Waals surface area contributed by atoms with Crippen molar-refractivity contribution in [1.29, 1.82) is 0 Å². The maximum absolute atomic E-state index is 12.0. The molecule has 4 rings (SSSR count). The number of piperidine rings is 1. The van der Waals surface area contributed by atoms with E-state index in [0.29, 0.717) is 6.54 Å². The molecule has 3 heterocycles. The van der Waals surface area contributed by atoms with Crippen LogP contribution in [0.4, 0.5) is 0 Å². The lowest BCUT2D eigenvalue weighted by Gasteiger charge is -2.41. The van der Waals surface area contributed by atoms with Crippen LogP contribution in [0, 0.1) is 0 Å². The van der Waals surface area contributed by atoms with Crippen LogP contribution in [0.3, 0.4) is 0 Å². The first kappa shape index (κ1) is 20.5. The molecule has 6 nitrogen and oxygen atoms in total. The Morgan fingerprint density at radius 1 is 1.13 bits per heavy atom. The number of ether oxygens (including phenoxy) is 2. The Bertz CT molecular complexity index is 971. The largest absolute Gasteiger partial charge is 0.496 e. The maximum atomic E-state index is 12.0. The Labute approximate surface area is 180 Å². The minimum atomic E-state index is -0.158. The number of pyridine rings is 1. The molecular weight excluding hydrogens is 398 g/mol. The highest BCUT2D eigenvalue weighted by molar-refractivity contribution is 7.13. The summed E-state index contributed by atoms with van der Waals surface area (Å²) in [7, 11) is 3.34. The SMILES string of the molecule is COc1cccc(OC)c1C1CCCC(C=O)N1Cc1ccnc(-c2nccs2)c1. The van der Waals surface area contributed by atoms with Crippen molar-refractivity contribution in [3.8, 4) is 22.2 Å². The van der Waals surface area contributed by atoms with Gasteiger partial charge >= 0.3 is 0 Å². The van der Waals surface area contributed by atoms with Crippen LogP contribution in [-0.2, 0) is 11.3 Å². The first-order chi connectivity index (χ1) is 14.7. The standard InChI is InChI=1S/C23H25N3O3S/c1-28-20-7-4-8-21(29-2)22(20)19-6-3-5-17(15-27)26(19)14-16-9-10-24-18(13-16)23-25-11-12-30-23/h4,7-13,15,17,19H,3,5-6,14H2,1-2H3. The van der Waals surface area contributed by atoms with Crippen molar-refractivity contribution in [2.75, 3.05) is 14.2 Å².